The minimum Gasteiger partial charge on any atom is -0.333 e. The van der Waals surface area contributed by atoms with Gasteiger partial charge in [-0.1, -0.05) is 25.1 Å². The third kappa shape index (κ3) is 5.43. The van der Waals surface area contributed by atoms with Crippen molar-refractivity contribution < 1.29 is 9.59 Å². The summed E-state index contributed by atoms with van der Waals surface area (Å²) in [5.41, 5.74) is 1.04. The Hall–Kier alpha value is -1.87. The first-order chi connectivity index (χ1) is 14.1. The fraction of sp³-hybridized carbons (Fsp3) is 0.619. The molecule has 3 rings (SSSR count). The molecule has 1 aliphatic carbocycles. The lowest BCUT2D eigenvalue weighted by Crippen LogP contribution is -2.49. The van der Waals surface area contributed by atoms with Gasteiger partial charge in [-0.25, -0.2) is 4.79 Å². The van der Waals surface area contributed by atoms with Crippen LogP contribution in [0.1, 0.15) is 57.9 Å². The molecule has 2 heterocycles. The number of imide groups is 1. The number of fused-ring (bicyclic) bond motifs is 1. The van der Waals surface area contributed by atoms with Crippen LogP contribution in [0.2, 0.25) is 0 Å². The molecule has 164 valence electrons. The van der Waals surface area contributed by atoms with Gasteiger partial charge in [-0.15, -0.1) is 21.5 Å². The van der Waals surface area contributed by atoms with Gasteiger partial charge in [-0.05, 0) is 64.5 Å². The average molecular weight is 450 g/mol. The standard InChI is InChI=1S/C21H31N5O2S2/c1-7-13-8-9-15-14(10-13)11-16(30-15)17-24-25-20(26(17)6)29-12(2)18(27)22-19(28)23-21(3,4)5/h11-13H,7-10H2,1-6H3,(H2,22,23,27,28). The number of thiophene rings is 1. The summed E-state index contributed by atoms with van der Waals surface area (Å²) in [6.07, 6.45) is 4.78. The fourth-order valence-corrected chi connectivity index (χ4v) is 5.53. The lowest BCUT2D eigenvalue weighted by molar-refractivity contribution is -0.119. The van der Waals surface area contributed by atoms with Crippen LogP contribution in [-0.2, 0) is 24.7 Å². The van der Waals surface area contributed by atoms with E-state index in [1.165, 1.54) is 35.0 Å². The van der Waals surface area contributed by atoms with Gasteiger partial charge in [-0.2, -0.15) is 0 Å². The highest BCUT2D eigenvalue weighted by molar-refractivity contribution is 8.00. The minimum absolute atomic E-state index is 0.358. The maximum absolute atomic E-state index is 12.4. The first kappa shape index (κ1) is 22.8. The molecule has 0 spiro atoms. The number of rotatable bonds is 5. The van der Waals surface area contributed by atoms with E-state index in [9.17, 15) is 9.59 Å². The molecular weight excluding hydrogens is 418 g/mol. The molecular formula is C21H31N5O2S2. The maximum atomic E-state index is 12.4. The highest BCUT2D eigenvalue weighted by Gasteiger charge is 2.25. The number of carbonyl (C=O) groups excluding carboxylic acids is 2. The molecule has 0 saturated carbocycles. The van der Waals surface area contributed by atoms with Gasteiger partial charge in [0.2, 0.25) is 5.91 Å². The number of nitrogens with zero attached hydrogens (tertiary/aromatic N) is 3. The van der Waals surface area contributed by atoms with Gasteiger partial charge in [0.25, 0.3) is 0 Å². The molecule has 9 heteroatoms. The van der Waals surface area contributed by atoms with Crippen LogP contribution in [0, 0.1) is 5.92 Å². The molecule has 3 amide bonds. The van der Waals surface area contributed by atoms with E-state index in [-0.39, 0.29) is 5.91 Å². The predicted octanol–water partition coefficient (Wildman–Crippen LogP) is 4.16. The maximum Gasteiger partial charge on any atom is 0.321 e. The van der Waals surface area contributed by atoms with Crippen molar-refractivity contribution >= 4 is 35.0 Å². The van der Waals surface area contributed by atoms with Gasteiger partial charge in [-0.3, -0.25) is 10.1 Å². The Morgan fingerprint density at radius 2 is 2.10 bits per heavy atom. The van der Waals surface area contributed by atoms with Gasteiger partial charge in [0.05, 0.1) is 10.1 Å². The summed E-state index contributed by atoms with van der Waals surface area (Å²) < 4.78 is 1.93. The van der Waals surface area contributed by atoms with E-state index in [0.717, 1.165) is 29.5 Å². The number of nitrogens with one attached hydrogen (secondary N) is 2. The van der Waals surface area contributed by atoms with Gasteiger partial charge in [0.1, 0.15) is 0 Å². The molecule has 30 heavy (non-hydrogen) atoms. The summed E-state index contributed by atoms with van der Waals surface area (Å²) in [4.78, 5) is 26.9. The minimum atomic E-state index is -0.492. The van der Waals surface area contributed by atoms with Crippen molar-refractivity contribution in [3.8, 4) is 10.7 Å². The third-order valence-electron chi connectivity index (χ3n) is 5.19. The first-order valence-corrected chi connectivity index (χ1v) is 12.1. The average Bonchev–Trinajstić information content (AvgIpc) is 3.22. The molecule has 2 aromatic rings. The molecule has 0 radical (unpaired) electrons. The summed E-state index contributed by atoms with van der Waals surface area (Å²) in [6, 6.07) is 1.76. The van der Waals surface area contributed by atoms with Crippen LogP contribution in [0.25, 0.3) is 10.7 Å². The first-order valence-electron chi connectivity index (χ1n) is 10.4. The second kappa shape index (κ2) is 9.09. The fourth-order valence-electron chi connectivity index (χ4n) is 3.49. The molecule has 2 unspecified atom stereocenters. The van der Waals surface area contributed by atoms with Crippen LogP contribution in [0.5, 0.6) is 0 Å². The van der Waals surface area contributed by atoms with E-state index >= 15 is 0 Å². The van der Waals surface area contributed by atoms with Crippen LogP contribution < -0.4 is 10.6 Å². The number of hydrogen-bond donors (Lipinski definition) is 2. The molecule has 0 fully saturated rings. The zero-order chi connectivity index (χ0) is 22.1. The summed E-state index contributed by atoms with van der Waals surface area (Å²) in [5, 5.41) is 14.0. The Morgan fingerprint density at radius 3 is 2.77 bits per heavy atom. The predicted molar refractivity (Wildman–Crippen MR) is 122 cm³/mol. The van der Waals surface area contributed by atoms with Gasteiger partial charge in [0, 0.05) is 17.5 Å². The van der Waals surface area contributed by atoms with E-state index in [1.54, 1.807) is 18.3 Å². The Labute approximate surface area is 186 Å². The van der Waals surface area contributed by atoms with Crippen molar-refractivity contribution in [2.24, 2.45) is 13.0 Å². The topological polar surface area (TPSA) is 88.9 Å². The number of urea groups is 1. The van der Waals surface area contributed by atoms with Crippen LogP contribution in [0.15, 0.2) is 11.2 Å². The Bertz CT molecular complexity index is 928. The van der Waals surface area contributed by atoms with Crippen LogP contribution >= 0.6 is 23.1 Å². The number of carbonyl (C=O) groups is 2. The summed E-state index contributed by atoms with van der Waals surface area (Å²) >= 11 is 3.10. The summed E-state index contributed by atoms with van der Waals surface area (Å²) in [5.74, 6) is 1.24. The molecule has 0 saturated heterocycles. The number of amides is 3. The van der Waals surface area contributed by atoms with E-state index < -0.39 is 16.8 Å². The molecule has 0 bridgehead atoms. The van der Waals surface area contributed by atoms with Crippen molar-refractivity contribution in [1.82, 2.24) is 25.4 Å². The number of aromatic nitrogens is 3. The van der Waals surface area contributed by atoms with Crippen molar-refractivity contribution in [2.75, 3.05) is 0 Å². The van der Waals surface area contributed by atoms with Crippen molar-refractivity contribution in [3.63, 3.8) is 0 Å². The van der Waals surface area contributed by atoms with Gasteiger partial charge < -0.3 is 9.88 Å². The second-order valence-electron chi connectivity index (χ2n) is 8.89. The van der Waals surface area contributed by atoms with Crippen LogP contribution in [0.3, 0.4) is 0 Å². The third-order valence-corrected chi connectivity index (χ3v) is 7.56. The van der Waals surface area contributed by atoms with Gasteiger partial charge in [0.15, 0.2) is 11.0 Å². The van der Waals surface area contributed by atoms with Crippen LogP contribution in [0.4, 0.5) is 4.79 Å². The van der Waals surface area contributed by atoms with Gasteiger partial charge >= 0.3 is 6.03 Å². The molecule has 0 aromatic carbocycles. The number of hydrogen-bond acceptors (Lipinski definition) is 6. The summed E-state index contributed by atoms with van der Waals surface area (Å²) in [6.45, 7) is 9.61. The Kier molecular flexibility index (Phi) is 6.91. The van der Waals surface area contributed by atoms with Crippen molar-refractivity contribution in [2.45, 2.75) is 76.2 Å². The lowest BCUT2D eigenvalue weighted by atomic mass is 9.87. The van der Waals surface area contributed by atoms with E-state index in [0.29, 0.717) is 5.16 Å². The van der Waals surface area contributed by atoms with E-state index in [2.05, 4.69) is 33.8 Å². The normalized spacial score (nSPS) is 17.3. The van der Waals surface area contributed by atoms with E-state index in [1.807, 2.05) is 32.4 Å². The molecule has 1 aliphatic rings. The summed E-state index contributed by atoms with van der Waals surface area (Å²) in [7, 11) is 1.92. The molecule has 0 aliphatic heterocycles. The lowest BCUT2D eigenvalue weighted by Gasteiger charge is -2.21. The Balaban J connectivity index is 1.66. The second-order valence-corrected chi connectivity index (χ2v) is 11.3. The number of thioether (sulfide) groups is 1. The zero-order valence-electron chi connectivity index (χ0n) is 18.5. The quantitative estimate of drug-likeness (QED) is 0.669. The van der Waals surface area contributed by atoms with E-state index in [4.69, 9.17) is 0 Å². The Morgan fingerprint density at radius 1 is 1.37 bits per heavy atom. The SMILES string of the molecule is CCC1CCc2sc(-c3nnc(SC(C)C(=O)NC(=O)NC(C)(C)C)n3C)cc2C1. The monoisotopic (exact) mass is 449 g/mol. The highest BCUT2D eigenvalue weighted by atomic mass is 32.2. The highest BCUT2D eigenvalue weighted by Crippen LogP contribution is 2.38. The molecule has 2 N–H and O–H groups in total. The zero-order valence-corrected chi connectivity index (χ0v) is 20.2. The largest absolute Gasteiger partial charge is 0.333 e. The van der Waals surface area contributed by atoms with Crippen molar-refractivity contribution in [3.05, 3.63) is 16.5 Å². The molecule has 7 nitrogen and oxygen atoms in total. The van der Waals surface area contributed by atoms with Crippen molar-refractivity contribution in [1.29, 1.82) is 0 Å². The smallest absolute Gasteiger partial charge is 0.321 e. The number of aryl methyl sites for hydroxylation is 1. The van der Waals surface area contributed by atoms with Crippen LogP contribution in [-0.4, -0.2) is 37.5 Å². The molecule has 2 aromatic heterocycles. The molecule has 2 atom stereocenters.